The monoisotopic (exact) mass is 545 g/mol. The van der Waals surface area contributed by atoms with E-state index in [0.717, 1.165) is 26.4 Å². The number of hydrogen-bond donors (Lipinski definition) is 3. The maximum atomic E-state index is 12.3. The molecule has 0 atom stereocenters. The molecule has 5 rings (SSSR count). The lowest BCUT2D eigenvalue weighted by atomic mass is 10.1. The van der Waals surface area contributed by atoms with E-state index in [2.05, 4.69) is 15.6 Å². The Morgan fingerprint density at radius 1 is 1.11 bits per heavy atom. The number of thiocarbonyl (C=S) groups is 1. The van der Waals surface area contributed by atoms with E-state index in [4.69, 9.17) is 28.2 Å². The molecule has 3 aromatic carbocycles. The van der Waals surface area contributed by atoms with E-state index in [1.807, 2.05) is 55.5 Å². The number of carbonyl (C=O) groups excluding carboxylic acids is 1. The summed E-state index contributed by atoms with van der Waals surface area (Å²) in [7, 11) is 0. The number of amides is 1. The van der Waals surface area contributed by atoms with Gasteiger partial charge in [0.1, 0.15) is 22.3 Å². The summed E-state index contributed by atoms with van der Waals surface area (Å²) in [6.45, 7) is 1.93. The molecule has 9 heteroatoms. The largest absolute Gasteiger partial charge is 0.507 e. The molecule has 2 aromatic heterocycles. The summed E-state index contributed by atoms with van der Waals surface area (Å²) in [6.07, 6.45) is 2.88. The highest BCUT2D eigenvalue weighted by Crippen LogP contribution is 2.36. The molecular weight excluding hydrogens is 526 g/mol. The molecule has 1 amide bonds. The smallest absolute Gasteiger partial charge is 0.250 e. The Morgan fingerprint density at radius 3 is 2.73 bits per heavy atom. The van der Waals surface area contributed by atoms with Gasteiger partial charge in [0.05, 0.1) is 15.8 Å². The van der Waals surface area contributed by atoms with E-state index in [1.54, 1.807) is 24.3 Å². The van der Waals surface area contributed by atoms with Crippen molar-refractivity contribution in [2.45, 2.75) is 6.92 Å². The predicted molar refractivity (Wildman–Crippen MR) is 154 cm³/mol. The van der Waals surface area contributed by atoms with Gasteiger partial charge < -0.3 is 14.8 Å². The fourth-order valence-electron chi connectivity index (χ4n) is 3.60. The number of anilines is 1. The van der Waals surface area contributed by atoms with Crippen LogP contribution in [0.25, 0.3) is 38.2 Å². The number of aromatic hydroxyl groups is 1. The number of rotatable bonds is 5. The number of para-hydroxylation sites is 1. The summed E-state index contributed by atoms with van der Waals surface area (Å²) < 4.78 is 6.83. The molecule has 0 radical (unpaired) electrons. The molecule has 0 unspecified atom stereocenters. The predicted octanol–water partition coefficient (Wildman–Crippen LogP) is 7.42. The third-order valence-corrected chi connectivity index (χ3v) is 7.18. The maximum Gasteiger partial charge on any atom is 0.250 e. The van der Waals surface area contributed by atoms with Crippen LogP contribution >= 0.6 is 35.2 Å². The normalized spacial score (nSPS) is 11.2. The molecular formula is C28H20ClN3O3S2. The van der Waals surface area contributed by atoms with E-state index >= 15 is 0 Å². The Kier molecular flexibility index (Phi) is 7.05. The Bertz CT molecular complexity index is 1640. The van der Waals surface area contributed by atoms with E-state index in [0.29, 0.717) is 27.8 Å². The van der Waals surface area contributed by atoms with Crippen LogP contribution in [0.5, 0.6) is 5.75 Å². The van der Waals surface area contributed by atoms with Crippen molar-refractivity contribution in [2.24, 2.45) is 0 Å². The van der Waals surface area contributed by atoms with Crippen LogP contribution in [0, 0.1) is 6.92 Å². The van der Waals surface area contributed by atoms with Crippen LogP contribution in [0.2, 0.25) is 5.02 Å². The maximum absolute atomic E-state index is 12.3. The van der Waals surface area contributed by atoms with Gasteiger partial charge in [0.2, 0.25) is 5.91 Å². The van der Waals surface area contributed by atoms with Gasteiger partial charge >= 0.3 is 0 Å². The number of phenols is 1. The first-order valence-corrected chi connectivity index (χ1v) is 12.8. The Hall–Kier alpha value is -3.98. The number of nitrogens with zero attached hydrogens (tertiary/aromatic N) is 1. The van der Waals surface area contributed by atoms with Gasteiger partial charge in [-0.15, -0.1) is 11.3 Å². The second-order valence-electron chi connectivity index (χ2n) is 8.16. The number of aromatic nitrogens is 1. The first kappa shape index (κ1) is 24.7. The van der Waals surface area contributed by atoms with Crippen molar-refractivity contribution < 1.29 is 14.3 Å². The average molecular weight is 546 g/mol. The minimum Gasteiger partial charge on any atom is -0.507 e. The Morgan fingerprint density at radius 2 is 1.95 bits per heavy atom. The highest BCUT2D eigenvalue weighted by molar-refractivity contribution is 7.80. The number of carbonyl (C=O) groups is 1. The van der Waals surface area contributed by atoms with E-state index in [9.17, 15) is 9.90 Å². The molecule has 0 aliphatic heterocycles. The first-order valence-electron chi connectivity index (χ1n) is 11.2. The summed E-state index contributed by atoms with van der Waals surface area (Å²) in [5.41, 5.74) is 3.87. The summed E-state index contributed by atoms with van der Waals surface area (Å²) >= 11 is 12.9. The van der Waals surface area contributed by atoms with Gasteiger partial charge in [0.25, 0.3) is 0 Å². The fourth-order valence-corrected chi connectivity index (χ4v) is 4.99. The molecule has 37 heavy (non-hydrogen) atoms. The highest BCUT2D eigenvalue weighted by Gasteiger charge is 2.12. The topological polar surface area (TPSA) is 87.4 Å². The molecule has 0 fully saturated rings. The van der Waals surface area contributed by atoms with Gasteiger partial charge in [-0.25, -0.2) is 4.98 Å². The van der Waals surface area contributed by atoms with Crippen molar-refractivity contribution in [2.75, 3.05) is 5.32 Å². The standard InChI is InChI=1S/C28H20ClN3O3S2/c1-16-6-7-17(14-21(16)29)24-12-9-19(35-24)10-13-26(34)32-28(36)30-18-8-11-20(23(33)15-18)27-31-22-4-2-3-5-25(22)37-27/h2-15,33H,1H3,(H2,30,32,34,36)/b13-10+. The second-order valence-corrected chi connectivity index (χ2v) is 10.0. The molecule has 6 nitrogen and oxygen atoms in total. The zero-order valence-corrected chi connectivity index (χ0v) is 21.9. The van der Waals surface area contributed by atoms with Crippen molar-refractivity contribution in [3.05, 3.63) is 95.2 Å². The van der Waals surface area contributed by atoms with Crippen LogP contribution < -0.4 is 10.6 Å². The molecule has 2 heterocycles. The molecule has 0 saturated carbocycles. The molecule has 0 aliphatic carbocycles. The summed E-state index contributed by atoms with van der Waals surface area (Å²) in [5, 5.41) is 17.5. The summed E-state index contributed by atoms with van der Waals surface area (Å²) in [5.74, 6) is 0.787. The number of thiazole rings is 1. The van der Waals surface area contributed by atoms with Crippen molar-refractivity contribution >= 4 is 68.2 Å². The quantitative estimate of drug-likeness (QED) is 0.157. The van der Waals surface area contributed by atoms with Crippen LogP contribution in [0.1, 0.15) is 11.3 Å². The van der Waals surface area contributed by atoms with Gasteiger partial charge in [-0.2, -0.15) is 0 Å². The number of aryl methyl sites for hydroxylation is 1. The van der Waals surface area contributed by atoms with Crippen molar-refractivity contribution in [3.63, 3.8) is 0 Å². The van der Waals surface area contributed by atoms with Crippen molar-refractivity contribution in [3.8, 4) is 27.6 Å². The van der Waals surface area contributed by atoms with Gasteiger partial charge in [0.15, 0.2) is 5.11 Å². The van der Waals surface area contributed by atoms with Gasteiger partial charge in [-0.1, -0.05) is 35.9 Å². The molecule has 3 N–H and O–H groups in total. The summed E-state index contributed by atoms with van der Waals surface area (Å²) in [4.78, 5) is 16.9. The van der Waals surface area contributed by atoms with Crippen molar-refractivity contribution in [1.82, 2.24) is 10.3 Å². The number of phenolic OH excluding ortho intramolecular Hbond substituents is 1. The number of nitrogens with one attached hydrogen (secondary N) is 2. The van der Waals surface area contributed by atoms with Gasteiger partial charge in [-0.05, 0) is 73.2 Å². The van der Waals surface area contributed by atoms with Gasteiger partial charge in [-0.3, -0.25) is 10.1 Å². The minimum atomic E-state index is -0.427. The number of furan rings is 1. The number of benzene rings is 3. The van der Waals surface area contributed by atoms with Crippen LogP contribution in [0.3, 0.4) is 0 Å². The van der Waals surface area contributed by atoms with E-state index in [1.165, 1.54) is 23.5 Å². The minimum absolute atomic E-state index is 0.0570. The number of fused-ring (bicyclic) bond motifs is 1. The number of halogens is 1. The zero-order chi connectivity index (χ0) is 25.9. The molecule has 5 aromatic rings. The van der Waals surface area contributed by atoms with Crippen LogP contribution in [0.15, 0.2) is 83.3 Å². The number of hydrogen-bond acceptors (Lipinski definition) is 6. The van der Waals surface area contributed by atoms with E-state index in [-0.39, 0.29) is 10.9 Å². The molecule has 184 valence electrons. The molecule has 0 spiro atoms. The van der Waals surface area contributed by atoms with E-state index < -0.39 is 5.91 Å². The Labute approximate surface area is 227 Å². The van der Waals surface area contributed by atoms with Gasteiger partial charge in [0, 0.05) is 28.4 Å². The SMILES string of the molecule is Cc1ccc(-c2ccc(/C=C/C(=O)NC(=S)Nc3ccc(-c4nc5ccccc5s4)c(O)c3)o2)cc1Cl. The second kappa shape index (κ2) is 10.6. The lowest BCUT2D eigenvalue weighted by molar-refractivity contribution is -0.115. The lowest BCUT2D eigenvalue weighted by Gasteiger charge is -2.09. The third-order valence-electron chi connectivity index (χ3n) is 5.50. The average Bonchev–Trinajstić information content (AvgIpc) is 3.51. The third kappa shape index (κ3) is 5.72. The highest BCUT2D eigenvalue weighted by atomic mass is 35.5. The van der Waals surface area contributed by atoms with Crippen molar-refractivity contribution in [1.29, 1.82) is 0 Å². The molecule has 0 saturated heterocycles. The fraction of sp³-hybridized carbons (Fsp3) is 0.0357. The summed E-state index contributed by atoms with van der Waals surface area (Å²) in [6, 6.07) is 22.1. The lowest BCUT2D eigenvalue weighted by Crippen LogP contribution is -2.32. The zero-order valence-electron chi connectivity index (χ0n) is 19.5. The van der Waals surface area contributed by atoms with Crippen LogP contribution in [-0.2, 0) is 4.79 Å². The molecule has 0 aliphatic rings. The van der Waals surface area contributed by atoms with Crippen LogP contribution in [-0.4, -0.2) is 21.1 Å². The van der Waals surface area contributed by atoms with Crippen LogP contribution in [0.4, 0.5) is 5.69 Å². The first-order chi connectivity index (χ1) is 17.9. The molecule has 0 bridgehead atoms. The Balaban J connectivity index is 1.19.